The van der Waals surface area contributed by atoms with E-state index in [2.05, 4.69) is 84.9 Å². The van der Waals surface area contributed by atoms with Gasteiger partial charge in [0.2, 0.25) is 0 Å². The topological polar surface area (TPSA) is 0 Å². The maximum absolute atomic E-state index is 5.37. The first-order valence-corrected chi connectivity index (χ1v) is 15.1. The van der Waals surface area contributed by atoms with Crippen LogP contribution in [0.3, 0.4) is 0 Å². The zero-order valence-electron chi connectivity index (χ0n) is 13.9. The zero-order chi connectivity index (χ0) is 16.5. The molecule has 0 bridgehead atoms. The number of halogens is 2. The molecule has 4 aromatic rings. The Kier molecular flexibility index (Phi) is 10.1. The van der Waals surface area contributed by atoms with Crippen molar-refractivity contribution in [1.82, 2.24) is 0 Å². The molecule has 0 amide bonds. The van der Waals surface area contributed by atoms with Crippen LogP contribution in [0.5, 0.6) is 0 Å². The molecular formula is C21H21Cl2Zr-3. The predicted molar refractivity (Wildman–Crippen MR) is 109 cm³/mol. The summed E-state index contributed by atoms with van der Waals surface area (Å²) in [7, 11) is 10.7. The Hall–Kier alpha value is -1.01. The summed E-state index contributed by atoms with van der Waals surface area (Å²) in [6.07, 6.45) is 0. The third-order valence-electron chi connectivity index (χ3n) is 3.31. The van der Waals surface area contributed by atoms with Gasteiger partial charge in [-0.2, -0.15) is 35.0 Å². The summed E-state index contributed by atoms with van der Waals surface area (Å²) in [4.78, 5) is 0. The number of rotatable bonds is 0. The molecule has 0 aromatic heterocycles. The van der Waals surface area contributed by atoms with E-state index >= 15 is 0 Å². The van der Waals surface area contributed by atoms with Gasteiger partial charge in [-0.3, -0.25) is 0 Å². The van der Waals surface area contributed by atoms with Gasteiger partial charge in [-0.1, -0.05) is 12.1 Å². The van der Waals surface area contributed by atoms with E-state index in [-0.39, 0.29) is 7.43 Å². The second kappa shape index (κ2) is 11.5. The van der Waals surface area contributed by atoms with Crippen LogP contribution in [0.25, 0.3) is 21.5 Å². The van der Waals surface area contributed by atoms with Crippen molar-refractivity contribution in [1.29, 1.82) is 0 Å². The average Bonchev–Trinajstić information content (AvgIpc) is 3.24. The summed E-state index contributed by atoms with van der Waals surface area (Å²) in [5.41, 5.74) is 0. The molecule has 0 spiro atoms. The molecule has 0 aliphatic carbocycles. The van der Waals surface area contributed by atoms with E-state index in [0.717, 1.165) is 0 Å². The maximum Gasteiger partial charge on any atom is -0.0809 e. The van der Waals surface area contributed by atoms with Gasteiger partial charge < -0.3 is 7.43 Å². The summed E-state index contributed by atoms with van der Waals surface area (Å²) < 4.78 is 1.89. The first-order chi connectivity index (χ1) is 11.2. The summed E-state index contributed by atoms with van der Waals surface area (Å²) in [5, 5.41) is 5.32. The van der Waals surface area contributed by atoms with Crippen molar-refractivity contribution >= 4 is 42.3 Å². The SMILES string of the molecule is C[CH]=[Zr]([Cl])[Cl].[CH3-].c1ccc2[cH-]ccc2c1.c1ccc2[cH-]ccc2c1. The number of hydrogen-bond acceptors (Lipinski definition) is 0. The summed E-state index contributed by atoms with van der Waals surface area (Å²) >= 11 is -1.76. The molecule has 0 aliphatic rings. The van der Waals surface area contributed by atoms with E-state index in [1.54, 1.807) is 0 Å². The molecule has 24 heavy (non-hydrogen) atoms. The first-order valence-electron chi connectivity index (χ1n) is 7.39. The number of hydrogen-bond donors (Lipinski definition) is 0. The van der Waals surface area contributed by atoms with Gasteiger partial charge in [0.1, 0.15) is 0 Å². The van der Waals surface area contributed by atoms with Crippen molar-refractivity contribution in [3.8, 4) is 0 Å². The van der Waals surface area contributed by atoms with Crippen molar-refractivity contribution in [2.24, 2.45) is 0 Å². The molecule has 0 heterocycles. The van der Waals surface area contributed by atoms with Gasteiger partial charge in [0.05, 0.1) is 0 Å². The van der Waals surface area contributed by atoms with Gasteiger partial charge in [-0.25, -0.2) is 0 Å². The van der Waals surface area contributed by atoms with Crippen LogP contribution in [0.4, 0.5) is 0 Å². The molecule has 0 radical (unpaired) electrons. The van der Waals surface area contributed by atoms with E-state index in [1.165, 1.54) is 21.5 Å². The second-order valence-corrected chi connectivity index (χ2v) is 13.7. The zero-order valence-corrected chi connectivity index (χ0v) is 17.9. The van der Waals surface area contributed by atoms with Crippen LogP contribution >= 0.6 is 17.0 Å². The third kappa shape index (κ3) is 6.85. The van der Waals surface area contributed by atoms with Gasteiger partial charge >= 0.3 is 46.5 Å². The molecule has 0 saturated carbocycles. The molecule has 0 unspecified atom stereocenters. The second-order valence-electron chi connectivity index (χ2n) is 4.89. The fraction of sp³-hybridized carbons (Fsp3) is 0.0476. The van der Waals surface area contributed by atoms with E-state index in [1.807, 2.05) is 10.6 Å². The van der Waals surface area contributed by atoms with Crippen LogP contribution in [0.1, 0.15) is 6.92 Å². The number of benzene rings is 2. The van der Waals surface area contributed by atoms with Crippen LogP contribution < -0.4 is 0 Å². The molecule has 0 N–H and O–H groups in total. The monoisotopic (exact) mass is 433 g/mol. The smallest absolute Gasteiger partial charge is 0.0809 e. The van der Waals surface area contributed by atoms with Crippen LogP contribution in [0.2, 0.25) is 0 Å². The Balaban J connectivity index is 0.000000185. The molecule has 4 aromatic carbocycles. The Morgan fingerprint density at radius 2 is 1.12 bits per heavy atom. The minimum absolute atomic E-state index is 0. The van der Waals surface area contributed by atoms with Gasteiger partial charge in [-0.15, -0.1) is 59.3 Å². The number of fused-ring (bicyclic) bond motifs is 2. The Morgan fingerprint density at radius 1 is 0.750 bits per heavy atom. The van der Waals surface area contributed by atoms with Gasteiger partial charge in [0, 0.05) is 0 Å². The van der Waals surface area contributed by atoms with Gasteiger partial charge in [0.25, 0.3) is 0 Å². The Bertz CT molecular complexity index is 741. The van der Waals surface area contributed by atoms with E-state index in [4.69, 9.17) is 17.0 Å². The van der Waals surface area contributed by atoms with Crippen molar-refractivity contribution in [2.75, 3.05) is 0 Å². The van der Waals surface area contributed by atoms with Crippen molar-refractivity contribution in [3.05, 3.63) is 92.4 Å². The maximum atomic E-state index is 5.37. The Morgan fingerprint density at radius 3 is 1.46 bits per heavy atom. The average molecular weight is 436 g/mol. The fourth-order valence-electron chi connectivity index (χ4n) is 2.14. The molecule has 0 atom stereocenters. The quantitative estimate of drug-likeness (QED) is 0.254. The van der Waals surface area contributed by atoms with Gasteiger partial charge in [0.15, 0.2) is 0 Å². The minimum atomic E-state index is -1.76. The van der Waals surface area contributed by atoms with Crippen LogP contribution in [-0.2, 0) is 18.9 Å². The minimum Gasteiger partial charge on any atom is -0.358 e. The normalized spacial score (nSPS) is 9.12. The summed E-state index contributed by atoms with van der Waals surface area (Å²) in [6.45, 7) is 1.90. The third-order valence-corrected chi connectivity index (χ3v) is 6.97. The van der Waals surface area contributed by atoms with Crippen molar-refractivity contribution < 1.29 is 18.9 Å². The van der Waals surface area contributed by atoms with E-state index in [9.17, 15) is 0 Å². The summed E-state index contributed by atoms with van der Waals surface area (Å²) in [5.74, 6) is 0. The first kappa shape index (κ1) is 21.0. The van der Waals surface area contributed by atoms with Crippen molar-refractivity contribution in [3.63, 3.8) is 0 Å². The fourth-order valence-corrected chi connectivity index (χ4v) is 2.14. The van der Waals surface area contributed by atoms with Crippen molar-refractivity contribution in [2.45, 2.75) is 6.92 Å². The van der Waals surface area contributed by atoms with E-state index < -0.39 is 18.9 Å². The molecule has 0 nitrogen and oxygen atoms in total. The largest absolute Gasteiger partial charge is 0.358 e. The van der Waals surface area contributed by atoms with Crippen LogP contribution in [0, 0.1) is 7.43 Å². The van der Waals surface area contributed by atoms with E-state index in [0.29, 0.717) is 0 Å². The molecule has 0 saturated heterocycles. The molecular weight excluding hydrogens is 414 g/mol. The molecule has 0 fully saturated rings. The molecule has 126 valence electrons. The standard InChI is InChI=1S/2C9H7.C2H4.CH3.2ClH.Zr/c2*1-2-5-9-7-3-6-8(9)4-1;1-2;;;;/h2*1-7H;1H,2H3;1H3;2*1H;/q2*-1;;-1;;;+2/p-2. The van der Waals surface area contributed by atoms with Crippen LogP contribution in [0.15, 0.2) is 84.9 Å². The van der Waals surface area contributed by atoms with Crippen LogP contribution in [-0.4, -0.2) is 3.71 Å². The Labute approximate surface area is 159 Å². The summed E-state index contributed by atoms with van der Waals surface area (Å²) in [6, 6.07) is 29.3. The molecule has 0 aliphatic heterocycles. The molecule has 4 rings (SSSR count). The van der Waals surface area contributed by atoms with Gasteiger partial charge in [-0.05, 0) is 0 Å². The molecule has 3 heteroatoms. The predicted octanol–water partition coefficient (Wildman–Crippen LogP) is 7.30.